The molecule has 0 bridgehead atoms. The van der Waals surface area contributed by atoms with E-state index in [-0.39, 0.29) is 23.9 Å². The lowest BCUT2D eigenvalue weighted by molar-refractivity contribution is -0.117. The van der Waals surface area contributed by atoms with Crippen molar-refractivity contribution in [1.29, 1.82) is 10.7 Å². The van der Waals surface area contributed by atoms with Gasteiger partial charge in [-0.3, -0.25) is 9.89 Å². The van der Waals surface area contributed by atoms with Gasteiger partial charge in [0.2, 0.25) is 5.16 Å². The second-order valence-electron chi connectivity index (χ2n) is 4.81. The third-order valence-electron chi connectivity index (χ3n) is 2.93. The molecule has 0 saturated heterocycles. The molecule has 0 aliphatic rings. The van der Waals surface area contributed by atoms with E-state index in [0.717, 1.165) is 16.2 Å². The fraction of sp³-hybridized carbons (Fsp3) is 0.267. The number of H-pyrrole nitrogens is 1. The molecule has 0 amide bonds. The van der Waals surface area contributed by atoms with Gasteiger partial charge in [0.1, 0.15) is 18.3 Å². The molecule has 2 rings (SSSR count). The number of nitrogens with zero attached hydrogens (tertiary/aromatic N) is 3. The van der Waals surface area contributed by atoms with Crippen molar-refractivity contribution >= 4 is 39.2 Å². The highest BCUT2D eigenvalue weighted by atomic mass is 79.9. The number of nitrogens with one attached hydrogen (secondary N) is 2. The Morgan fingerprint density at radius 3 is 2.83 bits per heavy atom. The first-order valence-electron chi connectivity index (χ1n) is 6.89. The predicted octanol–water partition coefficient (Wildman–Crippen LogP) is 2.99. The molecule has 0 fully saturated rings. The van der Waals surface area contributed by atoms with Crippen LogP contribution in [0.25, 0.3) is 0 Å². The number of rotatable bonds is 8. The number of ketones is 1. The fourth-order valence-corrected chi connectivity index (χ4v) is 2.71. The Balaban J connectivity index is 1.85. The first-order valence-corrected chi connectivity index (χ1v) is 8.67. The monoisotopic (exact) mass is 407 g/mol. The third-order valence-corrected chi connectivity index (χ3v) is 4.33. The lowest BCUT2D eigenvalue weighted by Gasteiger charge is -2.04. The van der Waals surface area contributed by atoms with Gasteiger partial charge in [0.25, 0.3) is 0 Å². The molecule has 7 nitrogen and oxygen atoms in total. The van der Waals surface area contributed by atoms with Gasteiger partial charge in [-0.05, 0) is 31.2 Å². The molecule has 0 saturated carbocycles. The smallest absolute Gasteiger partial charge is 0.208 e. The number of nitriles is 1. The van der Waals surface area contributed by atoms with E-state index in [2.05, 4.69) is 31.1 Å². The van der Waals surface area contributed by atoms with Crippen molar-refractivity contribution in [3.05, 3.63) is 34.6 Å². The van der Waals surface area contributed by atoms with Gasteiger partial charge in [0, 0.05) is 10.2 Å². The Bertz CT molecular complexity index is 769. The van der Waals surface area contributed by atoms with E-state index in [0.29, 0.717) is 16.7 Å². The van der Waals surface area contributed by atoms with Crippen LogP contribution in [0.1, 0.15) is 12.7 Å². The van der Waals surface area contributed by atoms with Crippen LogP contribution in [-0.4, -0.2) is 32.4 Å². The highest BCUT2D eigenvalue weighted by Gasteiger charge is 2.20. The number of aromatic nitrogens is 3. The lowest BCUT2D eigenvalue weighted by Crippen LogP contribution is -2.21. The topological polar surface area (TPSA) is 116 Å². The van der Waals surface area contributed by atoms with Gasteiger partial charge < -0.3 is 10.1 Å². The van der Waals surface area contributed by atoms with Crippen LogP contribution in [0, 0.1) is 22.7 Å². The van der Waals surface area contributed by atoms with Crippen LogP contribution in [0.15, 0.2) is 33.9 Å². The van der Waals surface area contributed by atoms with E-state index >= 15 is 0 Å². The molecular weight excluding hydrogens is 394 g/mol. The second-order valence-corrected chi connectivity index (χ2v) is 6.67. The van der Waals surface area contributed by atoms with Crippen molar-refractivity contribution in [3.8, 4) is 11.8 Å². The molecule has 1 atom stereocenters. The van der Waals surface area contributed by atoms with Crippen molar-refractivity contribution in [1.82, 2.24) is 15.2 Å². The Labute approximate surface area is 151 Å². The summed E-state index contributed by atoms with van der Waals surface area (Å²) >= 11 is 4.47. The Morgan fingerprint density at radius 2 is 2.21 bits per heavy atom. The molecule has 0 aliphatic carbocycles. The van der Waals surface area contributed by atoms with E-state index in [1.165, 1.54) is 6.92 Å². The number of ether oxygens (including phenoxy) is 1. The minimum atomic E-state index is -1.00. The average molecular weight is 408 g/mol. The van der Waals surface area contributed by atoms with Crippen LogP contribution < -0.4 is 4.74 Å². The molecule has 1 aromatic carbocycles. The summed E-state index contributed by atoms with van der Waals surface area (Å²) in [4.78, 5) is 16.1. The molecule has 124 valence electrons. The van der Waals surface area contributed by atoms with Gasteiger partial charge in [0.05, 0.1) is 11.8 Å². The van der Waals surface area contributed by atoms with Crippen LogP contribution in [0.2, 0.25) is 0 Å². The number of Topliss-reactive ketones (excluding diaryl/α,β-unsaturated/α-hetero) is 1. The van der Waals surface area contributed by atoms with E-state index in [9.17, 15) is 4.79 Å². The van der Waals surface area contributed by atoms with E-state index < -0.39 is 5.92 Å². The Hall–Kier alpha value is -2.18. The zero-order chi connectivity index (χ0) is 17.5. The molecule has 0 spiro atoms. The maximum absolute atomic E-state index is 11.9. The zero-order valence-electron chi connectivity index (χ0n) is 12.7. The van der Waals surface area contributed by atoms with E-state index in [1.54, 1.807) is 0 Å². The van der Waals surface area contributed by atoms with Gasteiger partial charge in [-0.25, -0.2) is 4.98 Å². The quantitative estimate of drug-likeness (QED) is 0.513. The summed E-state index contributed by atoms with van der Waals surface area (Å²) in [6, 6.07) is 9.23. The number of aromatic amines is 1. The summed E-state index contributed by atoms with van der Waals surface area (Å²) in [5.74, 6) is -0.0476. The van der Waals surface area contributed by atoms with Crippen LogP contribution >= 0.6 is 27.7 Å². The molecular formula is C15H14BrN5O2S. The SMILES string of the molecule is CC(=N)C(C#N)C(=O)CSc1n[nH]c(COc2ccc(Br)cc2)n1. The van der Waals surface area contributed by atoms with Crippen molar-refractivity contribution in [3.63, 3.8) is 0 Å². The number of hydrogen-bond acceptors (Lipinski definition) is 7. The van der Waals surface area contributed by atoms with Crippen LogP contribution in [0.5, 0.6) is 5.75 Å². The highest BCUT2D eigenvalue weighted by Crippen LogP contribution is 2.18. The van der Waals surface area contributed by atoms with Gasteiger partial charge in [-0.1, -0.05) is 27.7 Å². The fourth-order valence-electron chi connectivity index (χ4n) is 1.72. The summed E-state index contributed by atoms with van der Waals surface area (Å²) < 4.78 is 6.54. The molecule has 24 heavy (non-hydrogen) atoms. The molecule has 1 unspecified atom stereocenters. The first kappa shape index (κ1) is 18.2. The van der Waals surface area contributed by atoms with Crippen molar-refractivity contribution in [2.75, 3.05) is 5.75 Å². The molecule has 1 heterocycles. The van der Waals surface area contributed by atoms with Crippen molar-refractivity contribution in [2.24, 2.45) is 5.92 Å². The second kappa shape index (κ2) is 8.61. The Morgan fingerprint density at radius 1 is 1.50 bits per heavy atom. The summed E-state index contributed by atoms with van der Waals surface area (Å²) in [7, 11) is 0. The predicted molar refractivity (Wildman–Crippen MR) is 93.1 cm³/mol. The number of carbonyl (C=O) groups is 1. The summed E-state index contributed by atoms with van der Waals surface area (Å²) in [5.41, 5.74) is 0.0432. The van der Waals surface area contributed by atoms with Gasteiger partial charge >= 0.3 is 0 Å². The number of thioether (sulfide) groups is 1. The number of carbonyl (C=O) groups excluding carboxylic acids is 1. The molecule has 9 heteroatoms. The van der Waals surface area contributed by atoms with E-state index in [4.69, 9.17) is 15.4 Å². The normalized spacial score (nSPS) is 11.5. The van der Waals surface area contributed by atoms with Crippen LogP contribution in [-0.2, 0) is 11.4 Å². The van der Waals surface area contributed by atoms with Crippen molar-refractivity contribution in [2.45, 2.75) is 18.7 Å². The molecule has 2 N–H and O–H groups in total. The standard InChI is InChI=1S/C15H14BrN5O2S/c1-9(18)12(6-17)13(22)8-24-15-19-14(20-21-15)7-23-11-4-2-10(16)3-5-11/h2-5,12,18H,7-8H2,1H3,(H,19,20,21). The Kier molecular flexibility index (Phi) is 6.52. The summed E-state index contributed by atoms with van der Waals surface area (Å²) in [6.45, 7) is 1.67. The highest BCUT2D eigenvalue weighted by molar-refractivity contribution is 9.10. The van der Waals surface area contributed by atoms with Crippen LogP contribution in [0.4, 0.5) is 0 Å². The summed E-state index contributed by atoms with van der Waals surface area (Å²) in [5, 5.41) is 23.4. The summed E-state index contributed by atoms with van der Waals surface area (Å²) in [6.07, 6.45) is 0. The van der Waals surface area contributed by atoms with Crippen LogP contribution in [0.3, 0.4) is 0 Å². The molecule has 1 aromatic heterocycles. The van der Waals surface area contributed by atoms with Gasteiger partial charge in [-0.15, -0.1) is 5.10 Å². The molecule has 0 radical (unpaired) electrons. The number of halogens is 1. The first-order chi connectivity index (χ1) is 11.5. The van der Waals surface area contributed by atoms with E-state index in [1.807, 2.05) is 30.3 Å². The number of benzene rings is 1. The van der Waals surface area contributed by atoms with Gasteiger partial charge in [0.15, 0.2) is 11.6 Å². The minimum Gasteiger partial charge on any atom is -0.486 e. The third kappa shape index (κ3) is 5.18. The molecule has 2 aromatic rings. The van der Waals surface area contributed by atoms with Gasteiger partial charge in [-0.2, -0.15) is 5.26 Å². The lowest BCUT2D eigenvalue weighted by atomic mass is 10.0. The van der Waals surface area contributed by atoms with Crippen molar-refractivity contribution < 1.29 is 9.53 Å². The maximum atomic E-state index is 11.9. The minimum absolute atomic E-state index is 0.0410. The average Bonchev–Trinajstić information content (AvgIpc) is 3.00. The number of hydrogen-bond donors (Lipinski definition) is 2. The maximum Gasteiger partial charge on any atom is 0.208 e. The largest absolute Gasteiger partial charge is 0.486 e. The zero-order valence-corrected chi connectivity index (χ0v) is 15.1. The molecule has 0 aliphatic heterocycles.